The van der Waals surface area contributed by atoms with Crippen molar-refractivity contribution < 1.29 is 14.3 Å². The number of carbonyl (C=O) groups excluding carboxylic acids is 1. The molecule has 5 heteroatoms. The van der Waals surface area contributed by atoms with Crippen molar-refractivity contribution in [2.45, 2.75) is 44.9 Å². The van der Waals surface area contributed by atoms with Crippen molar-refractivity contribution in [3.05, 3.63) is 29.8 Å². The van der Waals surface area contributed by atoms with Crippen molar-refractivity contribution >= 4 is 11.7 Å². The van der Waals surface area contributed by atoms with Gasteiger partial charge in [-0.2, -0.15) is 0 Å². The molecule has 5 nitrogen and oxygen atoms in total. The Morgan fingerprint density at radius 3 is 2.73 bits per heavy atom. The molecule has 0 radical (unpaired) electrons. The van der Waals surface area contributed by atoms with Gasteiger partial charge in [0.1, 0.15) is 5.60 Å². The number of piperidine rings is 1. The van der Waals surface area contributed by atoms with Crippen LogP contribution in [0.4, 0.5) is 5.69 Å². The standard InChI is InChI=1S/C17H26N2O3/c1-17(2,3)22-16(20)12-6-5-7-13(10-12)19-9-8-14(18)15(11-19)21-4/h5-7,10,14-15H,8-9,11,18H2,1-4H3. The monoisotopic (exact) mass is 306 g/mol. The molecule has 0 saturated carbocycles. The Morgan fingerprint density at radius 1 is 1.36 bits per heavy atom. The summed E-state index contributed by atoms with van der Waals surface area (Å²) in [6.07, 6.45) is 0.883. The molecule has 1 aromatic rings. The van der Waals surface area contributed by atoms with E-state index >= 15 is 0 Å². The van der Waals surface area contributed by atoms with Crippen molar-refractivity contribution in [1.82, 2.24) is 0 Å². The largest absolute Gasteiger partial charge is 0.456 e. The second-order valence-corrected chi connectivity index (χ2v) is 6.72. The van der Waals surface area contributed by atoms with Crippen molar-refractivity contribution in [3.8, 4) is 0 Å². The van der Waals surface area contributed by atoms with Gasteiger partial charge < -0.3 is 20.1 Å². The van der Waals surface area contributed by atoms with Crippen LogP contribution in [-0.2, 0) is 9.47 Å². The molecule has 0 bridgehead atoms. The van der Waals surface area contributed by atoms with Gasteiger partial charge in [0.2, 0.25) is 0 Å². The van der Waals surface area contributed by atoms with E-state index in [1.165, 1.54) is 0 Å². The third-order valence-corrected chi connectivity index (χ3v) is 3.76. The van der Waals surface area contributed by atoms with Gasteiger partial charge in [0, 0.05) is 31.9 Å². The first-order valence-electron chi connectivity index (χ1n) is 7.67. The summed E-state index contributed by atoms with van der Waals surface area (Å²) >= 11 is 0. The molecule has 1 saturated heterocycles. The van der Waals surface area contributed by atoms with Crippen LogP contribution in [0.1, 0.15) is 37.6 Å². The molecule has 122 valence electrons. The number of esters is 1. The number of anilines is 1. The first-order chi connectivity index (χ1) is 10.3. The Hall–Kier alpha value is -1.59. The van der Waals surface area contributed by atoms with E-state index < -0.39 is 5.60 Å². The van der Waals surface area contributed by atoms with E-state index in [-0.39, 0.29) is 18.1 Å². The number of methoxy groups -OCH3 is 1. The quantitative estimate of drug-likeness (QED) is 0.867. The maximum atomic E-state index is 12.2. The van der Waals surface area contributed by atoms with E-state index in [4.69, 9.17) is 15.2 Å². The highest BCUT2D eigenvalue weighted by atomic mass is 16.6. The molecular weight excluding hydrogens is 280 g/mol. The zero-order chi connectivity index (χ0) is 16.3. The number of carbonyl (C=O) groups is 1. The van der Waals surface area contributed by atoms with Crippen LogP contribution in [0, 0.1) is 0 Å². The van der Waals surface area contributed by atoms with Crippen LogP contribution in [0.5, 0.6) is 0 Å². The smallest absolute Gasteiger partial charge is 0.338 e. The molecule has 2 rings (SSSR count). The van der Waals surface area contributed by atoms with Crippen molar-refractivity contribution in [3.63, 3.8) is 0 Å². The van der Waals surface area contributed by atoms with Crippen LogP contribution in [0.2, 0.25) is 0 Å². The fourth-order valence-corrected chi connectivity index (χ4v) is 2.59. The molecule has 2 unspecified atom stereocenters. The van der Waals surface area contributed by atoms with Crippen LogP contribution < -0.4 is 10.6 Å². The highest BCUT2D eigenvalue weighted by Crippen LogP contribution is 2.23. The van der Waals surface area contributed by atoms with Gasteiger partial charge in [0.05, 0.1) is 11.7 Å². The summed E-state index contributed by atoms with van der Waals surface area (Å²) in [5, 5.41) is 0. The second kappa shape index (κ2) is 6.67. The molecule has 1 aliphatic heterocycles. The zero-order valence-electron chi connectivity index (χ0n) is 13.8. The summed E-state index contributed by atoms with van der Waals surface area (Å²) in [5.41, 5.74) is 7.12. The van der Waals surface area contributed by atoms with E-state index in [2.05, 4.69) is 4.90 Å². The molecule has 1 aliphatic rings. The predicted octanol–water partition coefficient (Wildman–Crippen LogP) is 2.19. The van der Waals surface area contributed by atoms with Crippen LogP contribution in [0.15, 0.2) is 24.3 Å². The lowest BCUT2D eigenvalue weighted by atomic mass is 10.0. The minimum atomic E-state index is -0.494. The van der Waals surface area contributed by atoms with E-state index in [1.54, 1.807) is 13.2 Å². The minimum Gasteiger partial charge on any atom is -0.456 e. The molecule has 1 fully saturated rings. The number of nitrogens with zero attached hydrogens (tertiary/aromatic N) is 1. The lowest BCUT2D eigenvalue weighted by Crippen LogP contribution is -2.51. The summed E-state index contributed by atoms with van der Waals surface area (Å²) in [6.45, 7) is 7.19. The first-order valence-corrected chi connectivity index (χ1v) is 7.67. The number of benzene rings is 1. The van der Waals surface area contributed by atoms with Gasteiger partial charge in [0.25, 0.3) is 0 Å². The van der Waals surface area contributed by atoms with Crippen LogP contribution >= 0.6 is 0 Å². The number of ether oxygens (including phenoxy) is 2. The highest BCUT2D eigenvalue weighted by molar-refractivity contribution is 5.90. The van der Waals surface area contributed by atoms with Gasteiger partial charge in [-0.3, -0.25) is 0 Å². The van der Waals surface area contributed by atoms with Crippen molar-refractivity contribution in [2.24, 2.45) is 5.73 Å². The first kappa shape index (κ1) is 16.8. The Labute approximate surface area is 132 Å². The number of nitrogens with two attached hydrogens (primary N) is 1. The van der Waals surface area contributed by atoms with Gasteiger partial charge >= 0.3 is 5.97 Å². The molecule has 0 amide bonds. The van der Waals surface area contributed by atoms with Gasteiger partial charge in [-0.25, -0.2) is 4.79 Å². The lowest BCUT2D eigenvalue weighted by Gasteiger charge is -2.37. The van der Waals surface area contributed by atoms with Crippen molar-refractivity contribution in [1.29, 1.82) is 0 Å². The number of hydrogen-bond donors (Lipinski definition) is 1. The van der Waals surface area contributed by atoms with Gasteiger partial charge in [-0.1, -0.05) is 6.07 Å². The van der Waals surface area contributed by atoms with Crippen LogP contribution in [0.3, 0.4) is 0 Å². The maximum absolute atomic E-state index is 12.2. The Morgan fingerprint density at radius 2 is 2.09 bits per heavy atom. The molecule has 0 aliphatic carbocycles. The Bertz CT molecular complexity index is 525. The third-order valence-electron chi connectivity index (χ3n) is 3.76. The summed E-state index contributed by atoms with van der Waals surface area (Å²) < 4.78 is 10.9. The Balaban J connectivity index is 2.13. The number of rotatable bonds is 3. The maximum Gasteiger partial charge on any atom is 0.338 e. The molecule has 2 N–H and O–H groups in total. The third kappa shape index (κ3) is 4.21. The topological polar surface area (TPSA) is 64.8 Å². The fourth-order valence-electron chi connectivity index (χ4n) is 2.59. The predicted molar refractivity (Wildman–Crippen MR) is 87.2 cm³/mol. The average molecular weight is 306 g/mol. The molecule has 0 aromatic heterocycles. The molecule has 1 aromatic carbocycles. The van der Waals surface area contributed by atoms with Gasteiger partial charge in [-0.05, 0) is 45.4 Å². The second-order valence-electron chi connectivity index (χ2n) is 6.72. The van der Waals surface area contributed by atoms with E-state index in [9.17, 15) is 4.79 Å². The minimum absolute atomic E-state index is 0.0129. The average Bonchev–Trinajstić information content (AvgIpc) is 2.46. The summed E-state index contributed by atoms with van der Waals surface area (Å²) in [5.74, 6) is -0.300. The molecule has 0 spiro atoms. The van der Waals surface area contributed by atoms with E-state index in [0.717, 1.165) is 25.2 Å². The molecular formula is C17H26N2O3. The summed E-state index contributed by atoms with van der Waals surface area (Å²) in [4.78, 5) is 14.4. The van der Waals surface area contributed by atoms with E-state index in [0.29, 0.717) is 5.56 Å². The van der Waals surface area contributed by atoms with Crippen LogP contribution in [-0.4, -0.2) is 43.9 Å². The van der Waals surface area contributed by atoms with Gasteiger partial charge in [-0.15, -0.1) is 0 Å². The zero-order valence-corrected chi connectivity index (χ0v) is 13.8. The van der Waals surface area contributed by atoms with E-state index in [1.807, 2.05) is 39.0 Å². The highest BCUT2D eigenvalue weighted by Gasteiger charge is 2.27. The Kier molecular flexibility index (Phi) is 5.08. The molecule has 1 heterocycles. The summed E-state index contributed by atoms with van der Waals surface area (Å²) in [7, 11) is 1.69. The lowest BCUT2D eigenvalue weighted by molar-refractivity contribution is 0.00695. The normalized spacial score (nSPS) is 22.5. The number of hydrogen-bond acceptors (Lipinski definition) is 5. The van der Waals surface area contributed by atoms with Gasteiger partial charge in [0.15, 0.2) is 0 Å². The summed E-state index contributed by atoms with van der Waals surface area (Å²) in [6, 6.07) is 7.59. The van der Waals surface area contributed by atoms with Crippen LogP contribution in [0.25, 0.3) is 0 Å². The fraction of sp³-hybridized carbons (Fsp3) is 0.588. The SMILES string of the molecule is COC1CN(c2cccc(C(=O)OC(C)(C)C)c2)CCC1N. The molecule has 2 atom stereocenters. The van der Waals surface area contributed by atoms with Crippen molar-refractivity contribution in [2.75, 3.05) is 25.1 Å². The molecule has 22 heavy (non-hydrogen) atoms.